The Labute approximate surface area is 107 Å². The van der Waals surface area contributed by atoms with Crippen molar-refractivity contribution in [1.29, 1.82) is 0 Å². The molecule has 3 rings (SSSR count). The molecule has 1 fully saturated rings. The summed E-state index contributed by atoms with van der Waals surface area (Å²) in [6.07, 6.45) is 10.5. The van der Waals surface area contributed by atoms with Crippen LogP contribution < -0.4 is 5.32 Å². The summed E-state index contributed by atoms with van der Waals surface area (Å²) in [5.41, 5.74) is 2.12. The van der Waals surface area contributed by atoms with Crippen LogP contribution in [-0.4, -0.2) is 27.5 Å². The van der Waals surface area contributed by atoms with E-state index in [1.165, 1.54) is 19.3 Å². The summed E-state index contributed by atoms with van der Waals surface area (Å²) >= 11 is 0. The quantitative estimate of drug-likeness (QED) is 0.867. The Bertz CT molecular complexity index is 486. The van der Waals surface area contributed by atoms with E-state index in [2.05, 4.69) is 20.3 Å². The average Bonchev–Trinajstić information content (AvgIpc) is 2.94. The Balaban J connectivity index is 1.74. The zero-order valence-electron chi connectivity index (χ0n) is 10.4. The van der Waals surface area contributed by atoms with E-state index < -0.39 is 0 Å². The van der Waals surface area contributed by atoms with E-state index in [9.17, 15) is 0 Å². The Morgan fingerprint density at radius 1 is 1.28 bits per heavy atom. The number of nitrogens with one attached hydrogen (secondary N) is 2. The zero-order valence-corrected chi connectivity index (χ0v) is 10.4. The molecule has 4 heteroatoms. The maximum Gasteiger partial charge on any atom is 0.130 e. The van der Waals surface area contributed by atoms with E-state index >= 15 is 0 Å². The molecule has 4 nitrogen and oxygen atoms in total. The van der Waals surface area contributed by atoms with E-state index in [1.807, 2.05) is 30.7 Å². The summed E-state index contributed by atoms with van der Waals surface area (Å²) < 4.78 is 0. The molecule has 0 amide bonds. The molecule has 0 spiro atoms. The second-order valence-corrected chi connectivity index (χ2v) is 4.81. The highest BCUT2D eigenvalue weighted by molar-refractivity contribution is 5.57. The van der Waals surface area contributed by atoms with Crippen LogP contribution in [0.4, 0.5) is 0 Å². The number of H-pyrrole nitrogens is 1. The molecule has 0 aliphatic carbocycles. The maximum absolute atomic E-state index is 4.64. The van der Waals surface area contributed by atoms with Gasteiger partial charge in [0.05, 0.1) is 5.69 Å². The lowest BCUT2D eigenvalue weighted by Gasteiger charge is -2.22. The molecule has 2 aromatic heterocycles. The third-order valence-electron chi connectivity index (χ3n) is 3.44. The van der Waals surface area contributed by atoms with Gasteiger partial charge in [0.15, 0.2) is 0 Å². The predicted molar refractivity (Wildman–Crippen MR) is 71.2 cm³/mol. The molecule has 2 aromatic rings. The lowest BCUT2D eigenvalue weighted by Crippen LogP contribution is -2.36. The van der Waals surface area contributed by atoms with E-state index in [1.54, 1.807) is 0 Å². The number of aromatic nitrogens is 3. The number of aromatic amines is 1. The fourth-order valence-electron chi connectivity index (χ4n) is 2.46. The number of nitrogens with zero attached hydrogens (tertiary/aromatic N) is 2. The third-order valence-corrected chi connectivity index (χ3v) is 3.44. The first kappa shape index (κ1) is 11.4. The molecule has 3 heterocycles. The minimum Gasteiger partial charge on any atom is -0.367 e. The van der Waals surface area contributed by atoms with Crippen LogP contribution in [-0.2, 0) is 6.42 Å². The van der Waals surface area contributed by atoms with Gasteiger partial charge >= 0.3 is 0 Å². The molecule has 1 saturated heterocycles. The number of hydrogen-bond acceptors (Lipinski definition) is 3. The predicted octanol–water partition coefficient (Wildman–Crippen LogP) is 2.16. The van der Waals surface area contributed by atoms with Crippen molar-refractivity contribution in [3.63, 3.8) is 0 Å². The zero-order chi connectivity index (χ0) is 12.2. The summed E-state index contributed by atoms with van der Waals surface area (Å²) in [7, 11) is 0. The Kier molecular flexibility index (Phi) is 3.37. The van der Waals surface area contributed by atoms with Crippen LogP contribution in [0.3, 0.4) is 0 Å². The topological polar surface area (TPSA) is 53.6 Å². The van der Waals surface area contributed by atoms with Gasteiger partial charge in [-0.3, -0.25) is 0 Å². The van der Waals surface area contributed by atoms with Gasteiger partial charge < -0.3 is 10.3 Å². The number of rotatable bonds is 3. The molecule has 1 aliphatic rings. The number of hydrogen-bond donors (Lipinski definition) is 2. The van der Waals surface area contributed by atoms with Crippen LogP contribution >= 0.6 is 0 Å². The summed E-state index contributed by atoms with van der Waals surface area (Å²) in [6.45, 7) is 1.13. The molecular weight excluding hydrogens is 224 g/mol. The SMILES string of the molecule is c1cc(-c2cc[nH]c2)nc(CC2CCCCN2)n1. The highest BCUT2D eigenvalue weighted by Gasteiger charge is 2.14. The highest BCUT2D eigenvalue weighted by atomic mass is 14.9. The van der Waals surface area contributed by atoms with Gasteiger partial charge in [-0.1, -0.05) is 6.42 Å². The van der Waals surface area contributed by atoms with Crippen molar-refractivity contribution in [3.8, 4) is 11.3 Å². The van der Waals surface area contributed by atoms with Crippen molar-refractivity contribution in [2.45, 2.75) is 31.7 Å². The van der Waals surface area contributed by atoms with Gasteiger partial charge in [0.2, 0.25) is 0 Å². The Morgan fingerprint density at radius 3 is 3.06 bits per heavy atom. The largest absolute Gasteiger partial charge is 0.367 e. The van der Waals surface area contributed by atoms with E-state index in [4.69, 9.17) is 0 Å². The summed E-state index contributed by atoms with van der Waals surface area (Å²) in [5.74, 6) is 0.938. The second-order valence-electron chi connectivity index (χ2n) is 4.81. The lowest BCUT2D eigenvalue weighted by atomic mass is 10.0. The van der Waals surface area contributed by atoms with E-state index in [-0.39, 0.29) is 0 Å². The standard InChI is InChI=1S/C14H18N4/c1-2-6-16-12(3-1)9-14-17-8-5-13(18-14)11-4-7-15-10-11/h4-5,7-8,10,12,15-16H,1-3,6,9H2. The lowest BCUT2D eigenvalue weighted by molar-refractivity contribution is 0.394. The van der Waals surface area contributed by atoms with Crippen LogP contribution in [0.25, 0.3) is 11.3 Å². The first-order valence-corrected chi connectivity index (χ1v) is 6.60. The van der Waals surface area contributed by atoms with Crippen LogP contribution in [0.5, 0.6) is 0 Å². The van der Waals surface area contributed by atoms with Gasteiger partial charge in [-0.05, 0) is 31.5 Å². The first-order chi connectivity index (χ1) is 8.92. The molecule has 94 valence electrons. The molecule has 0 radical (unpaired) electrons. The van der Waals surface area contributed by atoms with Crippen LogP contribution in [0, 0.1) is 0 Å². The van der Waals surface area contributed by atoms with Crippen LogP contribution in [0.15, 0.2) is 30.7 Å². The highest BCUT2D eigenvalue weighted by Crippen LogP contribution is 2.16. The summed E-state index contributed by atoms with van der Waals surface area (Å²) in [4.78, 5) is 12.1. The van der Waals surface area contributed by atoms with E-state index in [0.717, 1.165) is 30.0 Å². The maximum atomic E-state index is 4.64. The molecule has 2 N–H and O–H groups in total. The van der Waals surface area contributed by atoms with Gasteiger partial charge in [-0.25, -0.2) is 9.97 Å². The fourth-order valence-corrected chi connectivity index (χ4v) is 2.46. The monoisotopic (exact) mass is 242 g/mol. The molecule has 1 atom stereocenters. The van der Waals surface area contributed by atoms with Crippen LogP contribution in [0.1, 0.15) is 25.1 Å². The normalized spacial score (nSPS) is 19.9. The van der Waals surface area contributed by atoms with Crippen molar-refractivity contribution in [1.82, 2.24) is 20.3 Å². The van der Waals surface area contributed by atoms with Gasteiger partial charge in [0.1, 0.15) is 5.82 Å². The van der Waals surface area contributed by atoms with Gasteiger partial charge in [0.25, 0.3) is 0 Å². The van der Waals surface area contributed by atoms with Crippen molar-refractivity contribution < 1.29 is 0 Å². The number of piperidine rings is 1. The van der Waals surface area contributed by atoms with Crippen molar-refractivity contribution in [3.05, 3.63) is 36.5 Å². The van der Waals surface area contributed by atoms with Gasteiger partial charge in [-0.2, -0.15) is 0 Å². The molecule has 0 aromatic carbocycles. The Hall–Kier alpha value is -1.68. The second kappa shape index (κ2) is 5.31. The first-order valence-electron chi connectivity index (χ1n) is 6.60. The molecule has 1 aliphatic heterocycles. The van der Waals surface area contributed by atoms with E-state index in [0.29, 0.717) is 6.04 Å². The van der Waals surface area contributed by atoms with Crippen LogP contribution in [0.2, 0.25) is 0 Å². The van der Waals surface area contributed by atoms with Crippen molar-refractivity contribution in [2.75, 3.05) is 6.54 Å². The molecule has 0 bridgehead atoms. The van der Waals surface area contributed by atoms with Gasteiger partial charge in [0, 0.05) is 36.6 Å². The van der Waals surface area contributed by atoms with Gasteiger partial charge in [-0.15, -0.1) is 0 Å². The third kappa shape index (κ3) is 2.59. The average molecular weight is 242 g/mol. The molecular formula is C14H18N4. The minimum absolute atomic E-state index is 0.542. The summed E-state index contributed by atoms with van der Waals surface area (Å²) in [6, 6.07) is 4.53. The smallest absolute Gasteiger partial charge is 0.130 e. The Morgan fingerprint density at radius 2 is 2.28 bits per heavy atom. The van der Waals surface area contributed by atoms with Crippen molar-refractivity contribution >= 4 is 0 Å². The summed E-state index contributed by atoms with van der Waals surface area (Å²) in [5, 5.41) is 3.54. The molecule has 0 saturated carbocycles. The minimum atomic E-state index is 0.542. The molecule has 1 unspecified atom stereocenters. The molecule has 18 heavy (non-hydrogen) atoms. The fraction of sp³-hybridized carbons (Fsp3) is 0.429. The van der Waals surface area contributed by atoms with Crippen molar-refractivity contribution in [2.24, 2.45) is 0 Å².